The highest BCUT2D eigenvalue weighted by Gasteiger charge is 2.08. The molecule has 0 bridgehead atoms. The van der Waals surface area contributed by atoms with Crippen LogP contribution in [-0.2, 0) is 0 Å². The van der Waals surface area contributed by atoms with Crippen LogP contribution in [0.4, 0.5) is 22.7 Å². The molecule has 0 atom stereocenters. The Kier molecular flexibility index (Phi) is 46.3. The number of unbranched alkanes of at least 4 members (excludes halogenated alkanes) is 45. The number of hydrogen-bond acceptors (Lipinski definition) is 3. The second-order valence-electron chi connectivity index (χ2n) is 22.1. The van der Waals surface area contributed by atoms with Crippen LogP contribution in [-0.4, -0.2) is 19.6 Å². The summed E-state index contributed by atoms with van der Waals surface area (Å²) in [6, 6.07) is 18.3. The Morgan fingerprint density at radius 2 is 0.464 bits per heavy atom. The van der Waals surface area contributed by atoms with E-state index in [9.17, 15) is 0 Å². The number of nitrogens with zero attached hydrogens (tertiary/aromatic N) is 1. The summed E-state index contributed by atoms with van der Waals surface area (Å²) in [5.74, 6) is 0. The minimum atomic E-state index is 1.07. The van der Waals surface area contributed by atoms with E-state index in [-0.39, 0.29) is 0 Å². The molecular formula is C66H121N3. The van der Waals surface area contributed by atoms with Crippen LogP contribution in [0, 0.1) is 0 Å². The van der Waals surface area contributed by atoms with E-state index in [0.717, 1.165) is 12.2 Å². The van der Waals surface area contributed by atoms with Crippen LogP contribution in [0.3, 0.4) is 0 Å². The monoisotopic (exact) mass is 956 g/mol. The fourth-order valence-corrected chi connectivity index (χ4v) is 10.6. The summed E-state index contributed by atoms with van der Waals surface area (Å²) < 4.78 is 0. The summed E-state index contributed by atoms with van der Waals surface area (Å²) in [5, 5.41) is 7.35. The van der Waals surface area contributed by atoms with Crippen molar-refractivity contribution < 1.29 is 0 Å². The molecule has 0 aliphatic rings. The first-order valence-corrected chi connectivity index (χ1v) is 31.7. The fraction of sp³-hybridized carbons (Fsp3) is 0.818. The van der Waals surface area contributed by atoms with E-state index in [1.54, 1.807) is 0 Å². The highest BCUT2D eigenvalue weighted by Crippen LogP contribution is 2.25. The van der Waals surface area contributed by atoms with Crippen molar-refractivity contribution in [3.05, 3.63) is 48.5 Å². The molecule has 0 aliphatic heterocycles. The molecule has 0 aromatic heterocycles. The van der Waals surface area contributed by atoms with Gasteiger partial charge in [0.25, 0.3) is 0 Å². The standard InChI is InChI=1S/C66H121N3/c1-4-7-10-13-16-19-22-25-28-31-34-37-40-43-46-49-60-67-63-52-54-64(55-53-63)68-65-56-58-66(59-57-65)69(61-50-47-44-41-38-35-32-29-26-23-20-17-14-11-8-5-2)62-51-48-45-42-39-36-33-30-27-24-21-18-15-12-9-6-3/h52-59,67-68H,4-51,60-62H2,1-3H3. The molecule has 0 aliphatic carbocycles. The zero-order chi connectivity index (χ0) is 49.0. The quantitative estimate of drug-likeness (QED) is 0.0647. The molecule has 0 radical (unpaired) electrons. The predicted octanol–water partition coefficient (Wildman–Crippen LogP) is 23.4. The van der Waals surface area contributed by atoms with E-state index in [1.807, 2.05) is 0 Å². The SMILES string of the molecule is CCCCCCCCCCCCCCCCCCNc1ccc(Nc2ccc(N(CCCCCCCCCCCCCCCCCC)CCCCCCCCCCCCCCCCCC)cc2)cc1. The Balaban J connectivity index is 1.63. The van der Waals surface area contributed by atoms with Crippen LogP contribution in [0.2, 0.25) is 0 Å². The van der Waals surface area contributed by atoms with Crippen molar-refractivity contribution in [3.8, 4) is 0 Å². The lowest BCUT2D eigenvalue weighted by atomic mass is 10.0. The largest absolute Gasteiger partial charge is 0.385 e. The molecule has 2 aromatic rings. The number of hydrogen-bond donors (Lipinski definition) is 2. The maximum absolute atomic E-state index is 3.68. The Labute approximate surface area is 433 Å². The molecule has 2 aromatic carbocycles. The van der Waals surface area contributed by atoms with Gasteiger partial charge in [0.05, 0.1) is 0 Å². The van der Waals surface area contributed by atoms with Crippen LogP contribution in [0.15, 0.2) is 48.5 Å². The number of benzene rings is 2. The predicted molar refractivity (Wildman–Crippen MR) is 316 cm³/mol. The van der Waals surface area contributed by atoms with Crippen molar-refractivity contribution in [2.45, 2.75) is 329 Å². The van der Waals surface area contributed by atoms with Crippen molar-refractivity contribution in [1.82, 2.24) is 0 Å². The molecule has 3 nitrogen and oxygen atoms in total. The topological polar surface area (TPSA) is 27.3 Å². The number of rotatable bonds is 55. The van der Waals surface area contributed by atoms with Gasteiger partial charge in [-0.1, -0.05) is 310 Å². The summed E-state index contributed by atoms with van der Waals surface area (Å²) in [6.07, 6.45) is 68.5. The maximum atomic E-state index is 3.68. The van der Waals surface area contributed by atoms with Gasteiger partial charge in [-0.2, -0.15) is 0 Å². The van der Waals surface area contributed by atoms with Gasteiger partial charge in [-0.05, 0) is 67.8 Å². The molecule has 0 fully saturated rings. The van der Waals surface area contributed by atoms with Crippen LogP contribution >= 0.6 is 0 Å². The summed E-state index contributed by atoms with van der Waals surface area (Å²) >= 11 is 0. The lowest BCUT2D eigenvalue weighted by molar-refractivity contribution is 0.524. The van der Waals surface area contributed by atoms with Gasteiger partial charge in [0.15, 0.2) is 0 Å². The van der Waals surface area contributed by atoms with Crippen molar-refractivity contribution in [2.75, 3.05) is 35.2 Å². The molecule has 2 rings (SSSR count). The molecule has 0 spiro atoms. The van der Waals surface area contributed by atoms with Gasteiger partial charge in [-0.15, -0.1) is 0 Å². The molecule has 400 valence electrons. The molecule has 0 heterocycles. The normalized spacial score (nSPS) is 11.5. The van der Waals surface area contributed by atoms with Crippen molar-refractivity contribution >= 4 is 22.7 Å². The number of anilines is 4. The average Bonchev–Trinajstić information content (AvgIpc) is 3.37. The van der Waals surface area contributed by atoms with Gasteiger partial charge in [-0.3, -0.25) is 0 Å². The van der Waals surface area contributed by atoms with Crippen molar-refractivity contribution in [1.29, 1.82) is 0 Å². The third kappa shape index (κ3) is 41.1. The van der Waals surface area contributed by atoms with E-state index < -0.39 is 0 Å². The van der Waals surface area contributed by atoms with Gasteiger partial charge >= 0.3 is 0 Å². The molecule has 0 saturated heterocycles. The fourth-order valence-electron chi connectivity index (χ4n) is 10.6. The van der Waals surface area contributed by atoms with Gasteiger partial charge < -0.3 is 15.5 Å². The Bertz CT molecular complexity index is 1240. The maximum Gasteiger partial charge on any atom is 0.0385 e. The van der Waals surface area contributed by atoms with Crippen LogP contribution in [0.1, 0.15) is 329 Å². The van der Waals surface area contributed by atoms with Crippen molar-refractivity contribution in [3.63, 3.8) is 0 Å². The van der Waals surface area contributed by atoms with Gasteiger partial charge in [-0.25, -0.2) is 0 Å². The molecule has 69 heavy (non-hydrogen) atoms. The summed E-state index contributed by atoms with van der Waals surface area (Å²) in [7, 11) is 0. The first-order valence-electron chi connectivity index (χ1n) is 31.7. The second kappa shape index (κ2) is 50.8. The highest BCUT2D eigenvalue weighted by atomic mass is 15.1. The Morgan fingerprint density at radius 1 is 0.246 bits per heavy atom. The zero-order valence-corrected chi connectivity index (χ0v) is 47.1. The average molecular weight is 957 g/mol. The smallest absolute Gasteiger partial charge is 0.0385 e. The van der Waals surface area contributed by atoms with Gasteiger partial charge in [0.2, 0.25) is 0 Å². The minimum Gasteiger partial charge on any atom is -0.385 e. The molecule has 0 amide bonds. The lowest BCUT2D eigenvalue weighted by Crippen LogP contribution is -2.25. The van der Waals surface area contributed by atoms with Crippen LogP contribution in [0.5, 0.6) is 0 Å². The van der Waals surface area contributed by atoms with E-state index in [1.165, 1.54) is 338 Å². The lowest BCUT2D eigenvalue weighted by Gasteiger charge is -2.25. The highest BCUT2D eigenvalue weighted by molar-refractivity contribution is 5.64. The van der Waals surface area contributed by atoms with E-state index in [2.05, 4.69) is 84.8 Å². The second-order valence-corrected chi connectivity index (χ2v) is 22.1. The van der Waals surface area contributed by atoms with Gasteiger partial charge in [0, 0.05) is 42.4 Å². The summed E-state index contributed by atoms with van der Waals surface area (Å²) in [4.78, 5) is 2.71. The van der Waals surface area contributed by atoms with E-state index in [4.69, 9.17) is 0 Å². The minimum absolute atomic E-state index is 1.07. The summed E-state index contributed by atoms with van der Waals surface area (Å²) in [5.41, 5.74) is 4.97. The molecular weight excluding hydrogens is 835 g/mol. The first-order chi connectivity index (χ1) is 34.3. The molecule has 0 unspecified atom stereocenters. The van der Waals surface area contributed by atoms with E-state index >= 15 is 0 Å². The van der Waals surface area contributed by atoms with Crippen LogP contribution in [0.25, 0.3) is 0 Å². The van der Waals surface area contributed by atoms with Crippen molar-refractivity contribution in [2.24, 2.45) is 0 Å². The Morgan fingerprint density at radius 3 is 0.739 bits per heavy atom. The van der Waals surface area contributed by atoms with Crippen LogP contribution < -0.4 is 15.5 Å². The number of nitrogens with one attached hydrogen (secondary N) is 2. The third-order valence-electron chi connectivity index (χ3n) is 15.3. The Hall–Kier alpha value is -2.16. The molecule has 3 heteroatoms. The van der Waals surface area contributed by atoms with E-state index in [0.29, 0.717) is 0 Å². The molecule has 0 saturated carbocycles. The third-order valence-corrected chi connectivity index (χ3v) is 15.3. The summed E-state index contributed by atoms with van der Waals surface area (Å²) in [6.45, 7) is 10.4. The zero-order valence-electron chi connectivity index (χ0n) is 47.1. The molecule has 2 N–H and O–H groups in total. The first kappa shape index (κ1) is 63.0. The van der Waals surface area contributed by atoms with Gasteiger partial charge in [0.1, 0.15) is 0 Å².